The molecule has 1 unspecified atom stereocenters. The maximum atomic E-state index is 3.82. The number of rotatable bonds is 4. The fourth-order valence-electron chi connectivity index (χ4n) is 2.80. The van der Waals surface area contributed by atoms with Crippen molar-refractivity contribution in [3.63, 3.8) is 0 Å². The van der Waals surface area contributed by atoms with Crippen LogP contribution in [0.2, 0.25) is 0 Å². The molecule has 1 aliphatic carbocycles. The summed E-state index contributed by atoms with van der Waals surface area (Å²) in [6.07, 6.45) is 7.04. The predicted octanol–water partition coefficient (Wildman–Crippen LogP) is 2.15. The topological polar surface area (TPSA) is 24.1 Å². The molecule has 0 aromatic heterocycles. The van der Waals surface area contributed by atoms with Crippen molar-refractivity contribution in [1.82, 2.24) is 10.6 Å². The SMILES string of the molecule is CC(CNC1(C)CCCCC1)C1CNC1. The van der Waals surface area contributed by atoms with Gasteiger partial charge >= 0.3 is 0 Å². The van der Waals surface area contributed by atoms with Crippen molar-refractivity contribution in [3.05, 3.63) is 0 Å². The first-order chi connectivity index (χ1) is 7.20. The molecule has 0 radical (unpaired) electrons. The molecular formula is C13H26N2. The van der Waals surface area contributed by atoms with E-state index in [0.717, 1.165) is 11.8 Å². The van der Waals surface area contributed by atoms with Crippen LogP contribution in [0.5, 0.6) is 0 Å². The molecule has 1 saturated heterocycles. The normalized spacial score (nSPS) is 28.4. The molecule has 0 amide bonds. The van der Waals surface area contributed by atoms with Gasteiger partial charge in [-0.05, 0) is 51.2 Å². The van der Waals surface area contributed by atoms with Gasteiger partial charge in [0.2, 0.25) is 0 Å². The van der Waals surface area contributed by atoms with Gasteiger partial charge in [-0.15, -0.1) is 0 Å². The first kappa shape index (κ1) is 11.4. The zero-order valence-corrected chi connectivity index (χ0v) is 10.3. The largest absolute Gasteiger partial charge is 0.316 e. The third kappa shape index (κ3) is 2.94. The van der Waals surface area contributed by atoms with Gasteiger partial charge in [0.15, 0.2) is 0 Å². The lowest BCUT2D eigenvalue weighted by molar-refractivity contribution is 0.196. The molecule has 1 atom stereocenters. The quantitative estimate of drug-likeness (QED) is 0.743. The van der Waals surface area contributed by atoms with E-state index < -0.39 is 0 Å². The lowest BCUT2D eigenvalue weighted by Crippen LogP contribution is -2.51. The number of hydrogen-bond acceptors (Lipinski definition) is 2. The lowest BCUT2D eigenvalue weighted by atomic mass is 9.82. The van der Waals surface area contributed by atoms with E-state index in [0.29, 0.717) is 5.54 Å². The molecule has 0 spiro atoms. The van der Waals surface area contributed by atoms with E-state index in [1.54, 1.807) is 0 Å². The summed E-state index contributed by atoms with van der Waals surface area (Å²) in [4.78, 5) is 0. The summed E-state index contributed by atoms with van der Waals surface area (Å²) in [5, 5.41) is 7.18. The second-order valence-corrected chi connectivity index (χ2v) is 5.90. The third-order valence-electron chi connectivity index (χ3n) is 4.43. The summed E-state index contributed by atoms with van der Waals surface area (Å²) >= 11 is 0. The molecule has 2 nitrogen and oxygen atoms in total. The smallest absolute Gasteiger partial charge is 0.0153 e. The van der Waals surface area contributed by atoms with Crippen LogP contribution in [0, 0.1) is 11.8 Å². The van der Waals surface area contributed by atoms with E-state index in [1.807, 2.05) is 0 Å². The molecule has 1 saturated carbocycles. The Morgan fingerprint density at radius 2 is 1.93 bits per heavy atom. The van der Waals surface area contributed by atoms with Crippen LogP contribution in [0.3, 0.4) is 0 Å². The standard InChI is InChI=1S/C13H26N2/c1-11(12-9-14-10-12)8-15-13(2)6-4-3-5-7-13/h11-12,14-15H,3-10H2,1-2H3. The molecule has 0 bridgehead atoms. The van der Waals surface area contributed by atoms with Crippen molar-refractivity contribution in [2.24, 2.45) is 11.8 Å². The van der Waals surface area contributed by atoms with Gasteiger partial charge in [0, 0.05) is 5.54 Å². The summed E-state index contributed by atoms with van der Waals surface area (Å²) in [5.74, 6) is 1.76. The van der Waals surface area contributed by atoms with Crippen LogP contribution in [0.1, 0.15) is 46.0 Å². The van der Waals surface area contributed by atoms with Crippen LogP contribution in [0.15, 0.2) is 0 Å². The molecule has 0 aromatic carbocycles. The molecule has 2 aliphatic rings. The van der Waals surface area contributed by atoms with Gasteiger partial charge in [-0.25, -0.2) is 0 Å². The fourth-order valence-corrected chi connectivity index (χ4v) is 2.80. The molecule has 0 aromatic rings. The maximum Gasteiger partial charge on any atom is 0.0153 e. The Morgan fingerprint density at radius 1 is 1.27 bits per heavy atom. The summed E-state index contributed by atoms with van der Waals surface area (Å²) < 4.78 is 0. The van der Waals surface area contributed by atoms with E-state index in [9.17, 15) is 0 Å². The minimum absolute atomic E-state index is 0.448. The van der Waals surface area contributed by atoms with Gasteiger partial charge in [-0.3, -0.25) is 0 Å². The Labute approximate surface area is 94.2 Å². The lowest BCUT2D eigenvalue weighted by Gasteiger charge is -2.38. The Balaban J connectivity index is 1.70. The highest BCUT2D eigenvalue weighted by Gasteiger charge is 2.29. The summed E-state index contributed by atoms with van der Waals surface area (Å²) in [6, 6.07) is 0. The average Bonchev–Trinajstić information content (AvgIpc) is 2.14. The van der Waals surface area contributed by atoms with Crippen LogP contribution in [0.4, 0.5) is 0 Å². The second kappa shape index (κ2) is 4.84. The van der Waals surface area contributed by atoms with Crippen LogP contribution in [-0.2, 0) is 0 Å². The van der Waals surface area contributed by atoms with Gasteiger partial charge in [-0.1, -0.05) is 26.2 Å². The van der Waals surface area contributed by atoms with Gasteiger partial charge in [0.05, 0.1) is 0 Å². The van der Waals surface area contributed by atoms with Crippen LogP contribution in [-0.4, -0.2) is 25.2 Å². The molecule has 88 valence electrons. The highest BCUT2D eigenvalue weighted by atomic mass is 15.0. The van der Waals surface area contributed by atoms with Gasteiger partial charge in [0.1, 0.15) is 0 Å². The van der Waals surface area contributed by atoms with E-state index in [-0.39, 0.29) is 0 Å². The first-order valence-corrected chi connectivity index (χ1v) is 6.65. The summed E-state index contributed by atoms with van der Waals surface area (Å²) in [6.45, 7) is 8.49. The maximum absolute atomic E-state index is 3.82. The van der Waals surface area contributed by atoms with Gasteiger partial charge in [-0.2, -0.15) is 0 Å². The average molecular weight is 210 g/mol. The highest BCUT2D eigenvalue weighted by molar-refractivity contribution is 4.88. The van der Waals surface area contributed by atoms with E-state index in [1.165, 1.54) is 51.7 Å². The van der Waals surface area contributed by atoms with Crippen LogP contribution in [0.25, 0.3) is 0 Å². The molecule has 1 aliphatic heterocycles. The third-order valence-corrected chi connectivity index (χ3v) is 4.43. The van der Waals surface area contributed by atoms with Crippen molar-refractivity contribution in [3.8, 4) is 0 Å². The molecule has 2 rings (SSSR count). The Bertz CT molecular complexity index is 193. The van der Waals surface area contributed by atoms with Crippen molar-refractivity contribution in [2.75, 3.05) is 19.6 Å². The first-order valence-electron chi connectivity index (χ1n) is 6.65. The van der Waals surface area contributed by atoms with Crippen molar-refractivity contribution in [1.29, 1.82) is 0 Å². The van der Waals surface area contributed by atoms with E-state index in [4.69, 9.17) is 0 Å². The zero-order valence-electron chi connectivity index (χ0n) is 10.3. The molecular weight excluding hydrogens is 184 g/mol. The molecule has 2 fully saturated rings. The molecule has 1 heterocycles. The Morgan fingerprint density at radius 3 is 2.47 bits per heavy atom. The zero-order chi connectivity index (χ0) is 10.7. The van der Waals surface area contributed by atoms with E-state index in [2.05, 4.69) is 24.5 Å². The summed E-state index contributed by atoms with van der Waals surface area (Å²) in [7, 11) is 0. The molecule has 2 N–H and O–H groups in total. The van der Waals surface area contributed by atoms with Gasteiger partial charge < -0.3 is 10.6 Å². The fraction of sp³-hybridized carbons (Fsp3) is 1.00. The van der Waals surface area contributed by atoms with Crippen molar-refractivity contribution < 1.29 is 0 Å². The Kier molecular flexibility index (Phi) is 3.68. The second-order valence-electron chi connectivity index (χ2n) is 5.90. The highest BCUT2D eigenvalue weighted by Crippen LogP contribution is 2.28. The van der Waals surface area contributed by atoms with Crippen LogP contribution >= 0.6 is 0 Å². The monoisotopic (exact) mass is 210 g/mol. The van der Waals surface area contributed by atoms with Crippen LogP contribution < -0.4 is 10.6 Å². The minimum atomic E-state index is 0.448. The summed E-state index contributed by atoms with van der Waals surface area (Å²) in [5.41, 5.74) is 0.448. The van der Waals surface area contributed by atoms with Crippen molar-refractivity contribution in [2.45, 2.75) is 51.5 Å². The molecule has 15 heavy (non-hydrogen) atoms. The molecule has 2 heteroatoms. The van der Waals surface area contributed by atoms with Gasteiger partial charge in [0.25, 0.3) is 0 Å². The van der Waals surface area contributed by atoms with E-state index >= 15 is 0 Å². The number of nitrogens with one attached hydrogen (secondary N) is 2. The Hall–Kier alpha value is -0.0800. The van der Waals surface area contributed by atoms with Crippen molar-refractivity contribution >= 4 is 0 Å². The minimum Gasteiger partial charge on any atom is -0.316 e. The predicted molar refractivity (Wildman–Crippen MR) is 65.0 cm³/mol. The number of hydrogen-bond donors (Lipinski definition) is 2.